The molecule has 1 aromatic rings. The summed E-state index contributed by atoms with van der Waals surface area (Å²) in [6.45, 7) is 4.18. The number of benzene rings is 1. The topological polar surface area (TPSA) is 35.8 Å². The first-order valence-corrected chi connectivity index (χ1v) is 4.99. The van der Waals surface area contributed by atoms with Crippen LogP contribution in [0.4, 0.5) is 0 Å². The van der Waals surface area contributed by atoms with Gasteiger partial charge in [0, 0.05) is 6.04 Å². The van der Waals surface area contributed by atoms with E-state index in [1.54, 1.807) is 0 Å². The summed E-state index contributed by atoms with van der Waals surface area (Å²) in [4.78, 5) is 0. The Kier molecular flexibility index (Phi) is 4.00. The molecule has 1 aromatic carbocycles. The standard InChI is InChI=1S/C12H16N2/c1-3-11-6-4-5-7-12(11)8-10(2)14-9-13/h4-7,10,14H,3,8H2,1-2H3. The van der Waals surface area contributed by atoms with Gasteiger partial charge in [-0.1, -0.05) is 31.2 Å². The molecule has 0 aliphatic heterocycles. The molecule has 0 aliphatic carbocycles. The molecule has 1 unspecified atom stereocenters. The van der Waals surface area contributed by atoms with Crippen LogP contribution in [0.15, 0.2) is 24.3 Å². The van der Waals surface area contributed by atoms with E-state index >= 15 is 0 Å². The van der Waals surface area contributed by atoms with Crippen molar-refractivity contribution in [2.45, 2.75) is 32.7 Å². The van der Waals surface area contributed by atoms with E-state index in [0.717, 1.165) is 12.8 Å². The second kappa shape index (κ2) is 5.29. The zero-order valence-corrected chi connectivity index (χ0v) is 8.75. The van der Waals surface area contributed by atoms with Gasteiger partial charge in [0.05, 0.1) is 0 Å². The van der Waals surface area contributed by atoms with Gasteiger partial charge in [0.25, 0.3) is 0 Å². The van der Waals surface area contributed by atoms with Gasteiger partial charge < -0.3 is 5.32 Å². The first-order valence-electron chi connectivity index (χ1n) is 4.99. The van der Waals surface area contributed by atoms with Crippen molar-refractivity contribution in [3.8, 4) is 6.19 Å². The lowest BCUT2D eigenvalue weighted by Crippen LogP contribution is -2.23. The highest BCUT2D eigenvalue weighted by Crippen LogP contribution is 2.11. The van der Waals surface area contributed by atoms with Gasteiger partial charge in [0.15, 0.2) is 6.19 Å². The molecule has 0 fully saturated rings. The van der Waals surface area contributed by atoms with Gasteiger partial charge in [-0.05, 0) is 30.9 Å². The van der Waals surface area contributed by atoms with Crippen LogP contribution in [0.5, 0.6) is 0 Å². The summed E-state index contributed by atoms with van der Waals surface area (Å²) in [5.74, 6) is 0. The average Bonchev–Trinajstić information content (AvgIpc) is 2.19. The van der Waals surface area contributed by atoms with Crippen LogP contribution in [0.25, 0.3) is 0 Å². The van der Waals surface area contributed by atoms with Crippen LogP contribution in [0.2, 0.25) is 0 Å². The van der Waals surface area contributed by atoms with Gasteiger partial charge in [-0.3, -0.25) is 0 Å². The Hall–Kier alpha value is -1.49. The summed E-state index contributed by atoms with van der Waals surface area (Å²) in [7, 11) is 0. The van der Waals surface area contributed by atoms with Gasteiger partial charge in [0.1, 0.15) is 0 Å². The van der Waals surface area contributed by atoms with Crippen LogP contribution in [-0.4, -0.2) is 6.04 Å². The summed E-state index contributed by atoms with van der Waals surface area (Å²) >= 11 is 0. The third kappa shape index (κ3) is 2.77. The Morgan fingerprint density at radius 2 is 2.00 bits per heavy atom. The predicted molar refractivity (Wildman–Crippen MR) is 57.7 cm³/mol. The molecule has 0 bridgehead atoms. The maximum absolute atomic E-state index is 8.48. The van der Waals surface area contributed by atoms with Gasteiger partial charge in [-0.2, -0.15) is 5.26 Å². The number of aryl methyl sites for hydroxylation is 1. The lowest BCUT2D eigenvalue weighted by Gasteiger charge is -2.12. The molecule has 2 heteroatoms. The van der Waals surface area contributed by atoms with Gasteiger partial charge in [-0.15, -0.1) is 0 Å². The lowest BCUT2D eigenvalue weighted by atomic mass is 9.99. The van der Waals surface area contributed by atoms with E-state index in [0.29, 0.717) is 0 Å². The van der Waals surface area contributed by atoms with Gasteiger partial charge in [-0.25, -0.2) is 0 Å². The molecule has 1 atom stereocenters. The minimum atomic E-state index is 0.215. The van der Waals surface area contributed by atoms with Crippen LogP contribution in [0.1, 0.15) is 25.0 Å². The summed E-state index contributed by atoms with van der Waals surface area (Å²) in [5.41, 5.74) is 2.71. The Morgan fingerprint density at radius 3 is 2.57 bits per heavy atom. The van der Waals surface area contributed by atoms with Crippen LogP contribution in [0, 0.1) is 11.5 Å². The lowest BCUT2D eigenvalue weighted by molar-refractivity contribution is 0.641. The van der Waals surface area contributed by atoms with Crippen LogP contribution in [-0.2, 0) is 12.8 Å². The molecule has 0 spiro atoms. The van der Waals surface area contributed by atoms with Gasteiger partial charge >= 0.3 is 0 Å². The van der Waals surface area contributed by atoms with Crippen molar-refractivity contribution in [2.75, 3.05) is 0 Å². The van der Waals surface area contributed by atoms with Crippen LogP contribution < -0.4 is 5.32 Å². The largest absolute Gasteiger partial charge is 0.321 e. The fraction of sp³-hybridized carbons (Fsp3) is 0.417. The molecule has 2 nitrogen and oxygen atoms in total. The number of nitrogens with one attached hydrogen (secondary N) is 1. The molecule has 14 heavy (non-hydrogen) atoms. The second-order valence-electron chi connectivity index (χ2n) is 3.48. The van der Waals surface area contributed by atoms with Gasteiger partial charge in [0.2, 0.25) is 0 Å². The SMILES string of the molecule is CCc1ccccc1CC(C)NC#N. The zero-order valence-electron chi connectivity index (χ0n) is 8.75. The third-order valence-corrected chi connectivity index (χ3v) is 2.34. The summed E-state index contributed by atoms with van der Waals surface area (Å²) in [6, 6.07) is 8.61. The highest BCUT2D eigenvalue weighted by molar-refractivity contribution is 5.27. The predicted octanol–water partition coefficient (Wildman–Crippen LogP) is 2.25. The Morgan fingerprint density at radius 1 is 1.36 bits per heavy atom. The first-order chi connectivity index (χ1) is 6.77. The number of hydrogen-bond acceptors (Lipinski definition) is 2. The number of rotatable bonds is 4. The number of hydrogen-bond donors (Lipinski definition) is 1. The number of nitrogens with zero attached hydrogens (tertiary/aromatic N) is 1. The van der Waals surface area contributed by atoms with E-state index in [2.05, 4.69) is 30.4 Å². The van der Waals surface area contributed by atoms with E-state index in [4.69, 9.17) is 5.26 Å². The fourth-order valence-electron chi connectivity index (χ4n) is 1.59. The summed E-state index contributed by atoms with van der Waals surface area (Å²) < 4.78 is 0. The van der Waals surface area contributed by atoms with Crippen molar-refractivity contribution in [2.24, 2.45) is 0 Å². The highest BCUT2D eigenvalue weighted by atomic mass is 14.9. The molecule has 0 aromatic heterocycles. The molecule has 0 radical (unpaired) electrons. The van der Waals surface area contributed by atoms with Crippen LogP contribution >= 0.6 is 0 Å². The van der Waals surface area contributed by atoms with Crippen molar-refractivity contribution >= 4 is 0 Å². The first kappa shape index (κ1) is 10.6. The van der Waals surface area contributed by atoms with Crippen molar-refractivity contribution < 1.29 is 0 Å². The molecule has 0 amide bonds. The van der Waals surface area contributed by atoms with E-state index in [-0.39, 0.29) is 6.04 Å². The monoisotopic (exact) mass is 188 g/mol. The molecule has 0 heterocycles. The molecular weight excluding hydrogens is 172 g/mol. The molecule has 0 aliphatic rings. The maximum Gasteiger partial charge on any atom is 0.176 e. The van der Waals surface area contributed by atoms with E-state index in [1.165, 1.54) is 11.1 Å². The normalized spacial score (nSPS) is 11.8. The Balaban J connectivity index is 2.71. The smallest absolute Gasteiger partial charge is 0.176 e. The van der Waals surface area contributed by atoms with Crippen molar-refractivity contribution in [1.82, 2.24) is 5.32 Å². The molecule has 74 valence electrons. The highest BCUT2D eigenvalue weighted by Gasteiger charge is 2.04. The molecular formula is C12H16N2. The molecule has 1 rings (SSSR count). The molecule has 0 saturated heterocycles. The molecule has 1 N–H and O–H groups in total. The van der Waals surface area contributed by atoms with Crippen molar-refractivity contribution in [1.29, 1.82) is 5.26 Å². The molecule has 0 saturated carbocycles. The third-order valence-electron chi connectivity index (χ3n) is 2.34. The second-order valence-corrected chi connectivity index (χ2v) is 3.48. The van der Waals surface area contributed by atoms with Crippen LogP contribution in [0.3, 0.4) is 0 Å². The average molecular weight is 188 g/mol. The maximum atomic E-state index is 8.48. The minimum Gasteiger partial charge on any atom is -0.321 e. The fourth-order valence-corrected chi connectivity index (χ4v) is 1.59. The Labute approximate surface area is 85.6 Å². The quantitative estimate of drug-likeness (QED) is 0.581. The van der Waals surface area contributed by atoms with E-state index < -0.39 is 0 Å². The van der Waals surface area contributed by atoms with Crippen molar-refractivity contribution in [3.05, 3.63) is 35.4 Å². The number of nitriles is 1. The summed E-state index contributed by atoms with van der Waals surface area (Å²) in [6.07, 6.45) is 3.94. The van der Waals surface area contributed by atoms with Crippen molar-refractivity contribution in [3.63, 3.8) is 0 Å². The zero-order chi connectivity index (χ0) is 10.4. The van der Waals surface area contributed by atoms with E-state index in [1.807, 2.05) is 19.2 Å². The minimum absolute atomic E-state index is 0.215. The summed E-state index contributed by atoms with van der Waals surface area (Å²) in [5, 5.41) is 11.2. The Bertz CT molecular complexity index is 325. The van der Waals surface area contributed by atoms with E-state index in [9.17, 15) is 0 Å².